The molecule has 2 fully saturated rings. The maximum Gasteiger partial charge on any atom is 0.168 e. The van der Waals surface area contributed by atoms with E-state index >= 15 is 0 Å². The lowest BCUT2D eigenvalue weighted by molar-refractivity contribution is 0.0689. The van der Waals surface area contributed by atoms with Crippen LogP contribution in [0.5, 0.6) is 5.75 Å². The van der Waals surface area contributed by atoms with Crippen molar-refractivity contribution in [3.05, 3.63) is 41.2 Å². The Labute approximate surface area is 183 Å². The zero-order chi connectivity index (χ0) is 20.9. The average molecular weight is 413 g/mol. The Hall–Kier alpha value is -1.31. The molecular weight excluding hydrogens is 371 g/mol. The van der Waals surface area contributed by atoms with Crippen LogP contribution >= 0.6 is 0 Å². The highest BCUT2D eigenvalue weighted by atomic mass is 19.1. The van der Waals surface area contributed by atoms with E-state index in [9.17, 15) is 4.39 Å². The molecule has 0 spiro atoms. The van der Waals surface area contributed by atoms with Gasteiger partial charge in [0.15, 0.2) is 11.6 Å². The molecule has 5 atom stereocenters. The van der Waals surface area contributed by atoms with E-state index in [4.69, 9.17) is 4.74 Å². The fourth-order valence-corrected chi connectivity index (χ4v) is 6.77. The molecule has 2 heteroatoms. The van der Waals surface area contributed by atoms with E-state index in [2.05, 4.69) is 13.0 Å². The molecule has 0 aromatic heterocycles. The normalized spacial score (nSPS) is 31.4. The predicted octanol–water partition coefficient (Wildman–Crippen LogP) is 7.91. The Morgan fingerprint density at radius 1 is 1.00 bits per heavy atom. The van der Waals surface area contributed by atoms with Crippen LogP contribution in [0, 0.1) is 35.4 Å². The van der Waals surface area contributed by atoms with Crippen molar-refractivity contribution in [1.29, 1.82) is 0 Å². The van der Waals surface area contributed by atoms with Crippen LogP contribution in [-0.4, -0.2) is 6.61 Å². The fraction of sp³-hybridized carbons (Fsp3) is 0.714. The number of hydrogen-bond acceptors (Lipinski definition) is 1. The fourth-order valence-electron chi connectivity index (χ4n) is 6.77. The Bertz CT molecular complexity index is 724. The number of unbranched alkanes of at least 4 members (excludes halogenated alkanes) is 1. The second-order valence-corrected chi connectivity index (χ2v) is 10.3. The van der Waals surface area contributed by atoms with E-state index in [1.54, 1.807) is 0 Å². The Morgan fingerprint density at radius 3 is 2.57 bits per heavy atom. The van der Waals surface area contributed by atoms with E-state index < -0.39 is 0 Å². The molecule has 1 aromatic carbocycles. The molecule has 3 aliphatic carbocycles. The van der Waals surface area contributed by atoms with Gasteiger partial charge in [0.05, 0.1) is 0 Å². The van der Waals surface area contributed by atoms with Crippen LogP contribution in [0.15, 0.2) is 24.3 Å². The maximum atomic E-state index is 14.9. The van der Waals surface area contributed by atoms with Gasteiger partial charge in [0.25, 0.3) is 0 Å². The van der Waals surface area contributed by atoms with Crippen LogP contribution in [0.2, 0.25) is 0 Å². The molecule has 0 aliphatic heterocycles. The summed E-state index contributed by atoms with van der Waals surface area (Å²) in [4.78, 5) is 0. The minimum absolute atomic E-state index is 0.107. The smallest absolute Gasteiger partial charge is 0.168 e. The number of rotatable bonds is 7. The van der Waals surface area contributed by atoms with Crippen LogP contribution in [0.3, 0.4) is 0 Å². The molecule has 1 aromatic rings. The first-order valence-corrected chi connectivity index (χ1v) is 12.7. The summed E-state index contributed by atoms with van der Waals surface area (Å²) in [6.45, 7) is 4.72. The Kier molecular flexibility index (Phi) is 7.55. The van der Waals surface area contributed by atoms with E-state index in [0.29, 0.717) is 12.4 Å². The standard InChI is InChI=1S/C28H41FO/c1-3-5-7-20-8-9-22-18-23(11-10-21(22)17-20)24-12-14-26-25(19-24)13-15-27(28(26)29)30-16-6-4-2/h4,6,13,15,20-24H,3,5,7-12,14,16-19H2,1-2H3/b6-4+. The van der Waals surface area contributed by atoms with Crippen molar-refractivity contribution in [3.8, 4) is 5.75 Å². The lowest BCUT2D eigenvalue weighted by atomic mass is 9.61. The van der Waals surface area contributed by atoms with Gasteiger partial charge < -0.3 is 4.74 Å². The van der Waals surface area contributed by atoms with Crippen molar-refractivity contribution in [1.82, 2.24) is 0 Å². The molecule has 0 amide bonds. The molecule has 0 radical (unpaired) electrons. The summed E-state index contributed by atoms with van der Waals surface area (Å²) in [7, 11) is 0. The van der Waals surface area contributed by atoms with Gasteiger partial charge >= 0.3 is 0 Å². The van der Waals surface area contributed by atoms with E-state index in [0.717, 1.165) is 54.4 Å². The van der Waals surface area contributed by atoms with Crippen molar-refractivity contribution in [2.45, 2.75) is 90.9 Å². The highest BCUT2D eigenvalue weighted by molar-refractivity contribution is 5.39. The molecule has 5 unspecified atom stereocenters. The van der Waals surface area contributed by atoms with Gasteiger partial charge in [-0.05, 0) is 105 Å². The average Bonchev–Trinajstić information content (AvgIpc) is 2.78. The highest BCUT2D eigenvalue weighted by Gasteiger charge is 2.38. The van der Waals surface area contributed by atoms with Crippen LogP contribution in [-0.2, 0) is 12.8 Å². The van der Waals surface area contributed by atoms with Crippen molar-refractivity contribution >= 4 is 0 Å². The first-order chi connectivity index (χ1) is 14.7. The van der Waals surface area contributed by atoms with Gasteiger partial charge in [0.2, 0.25) is 0 Å². The number of hydrogen-bond donors (Lipinski definition) is 0. The van der Waals surface area contributed by atoms with Gasteiger partial charge in [0.1, 0.15) is 6.61 Å². The second kappa shape index (κ2) is 10.3. The minimum atomic E-state index is -0.107. The minimum Gasteiger partial charge on any atom is -0.486 e. The van der Waals surface area contributed by atoms with E-state index in [1.807, 2.05) is 25.1 Å². The summed E-state index contributed by atoms with van der Waals surface area (Å²) in [6, 6.07) is 3.99. The molecule has 0 bridgehead atoms. The first kappa shape index (κ1) is 21.9. The van der Waals surface area contributed by atoms with Gasteiger partial charge in [-0.15, -0.1) is 0 Å². The summed E-state index contributed by atoms with van der Waals surface area (Å²) >= 11 is 0. The van der Waals surface area contributed by atoms with Crippen LogP contribution in [0.1, 0.15) is 89.2 Å². The second-order valence-electron chi connectivity index (χ2n) is 10.3. The predicted molar refractivity (Wildman–Crippen MR) is 123 cm³/mol. The SMILES string of the molecule is C/C=C/COc1ccc2c(c1F)CCC(C1CCC3CC(CCCC)CCC3C1)C2. The molecule has 0 saturated heterocycles. The number of allylic oxidation sites excluding steroid dienone is 1. The van der Waals surface area contributed by atoms with Gasteiger partial charge in [-0.25, -0.2) is 4.39 Å². The van der Waals surface area contributed by atoms with E-state index in [1.165, 1.54) is 63.4 Å². The zero-order valence-corrected chi connectivity index (χ0v) is 19.2. The van der Waals surface area contributed by atoms with Gasteiger partial charge in [-0.3, -0.25) is 0 Å². The molecule has 1 nitrogen and oxygen atoms in total. The number of fused-ring (bicyclic) bond motifs is 2. The topological polar surface area (TPSA) is 9.23 Å². The first-order valence-electron chi connectivity index (χ1n) is 12.7. The molecule has 3 aliphatic rings. The van der Waals surface area contributed by atoms with E-state index in [-0.39, 0.29) is 5.82 Å². The molecule has 4 rings (SSSR count). The third kappa shape index (κ3) is 4.94. The molecule has 2 saturated carbocycles. The van der Waals surface area contributed by atoms with Crippen LogP contribution in [0.4, 0.5) is 4.39 Å². The number of ether oxygens (including phenoxy) is 1. The largest absolute Gasteiger partial charge is 0.486 e. The molecule has 0 heterocycles. The summed E-state index contributed by atoms with van der Waals surface area (Å²) in [5.74, 6) is 4.92. The summed E-state index contributed by atoms with van der Waals surface area (Å²) in [5.41, 5.74) is 2.17. The molecule has 166 valence electrons. The summed E-state index contributed by atoms with van der Waals surface area (Å²) in [6.07, 6.45) is 20.0. The lowest BCUT2D eigenvalue weighted by Gasteiger charge is -2.45. The van der Waals surface area contributed by atoms with Crippen LogP contribution < -0.4 is 4.74 Å². The van der Waals surface area contributed by atoms with Gasteiger partial charge in [-0.1, -0.05) is 50.8 Å². The molecule has 0 N–H and O–H groups in total. The van der Waals surface area contributed by atoms with Crippen LogP contribution in [0.25, 0.3) is 0 Å². The quantitative estimate of drug-likeness (QED) is 0.413. The van der Waals surface area contributed by atoms with Crippen molar-refractivity contribution < 1.29 is 9.13 Å². The third-order valence-electron chi connectivity index (χ3n) is 8.52. The molecule has 30 heavy (non-hydrogen) atoms. The van der Waals surface area contributed by atoms with Crippen molar-refractivity contribution in [3.63, 3.8) is 0 Å². The number of halogens is 1. The molecular formula is C28H41FO. The Balaban J connectivity index is 1.34. The maximum absolute atomic E-state index is 14.9. The Morgan fingerprint density at radius 2 is 1.77 bits per heavy atom. The third-order valence-corrected chi connectivity index (χ3v) is 8.52. The zero-order valence-electron chi connectivity index (χ0n) is 19.2. The monoisotopic (exact) mass is 412 g/mol. The summed E-state index contributed by atoms with van der Waals surface area (Å²) < 4.78 is 20.6. The highest BCUT2D eigenvalue weighted by Crippen LogP contribution is 2.49. The van der Waals surface area contributed by atoms with Gasteiger partial charge in [0, 0.05) is 0 Å². The van der Waals surface area contributed by atoms with Gasteiger partial charge in [-0.2, -0.15) is 0 Å². The lowest BCUT2D eigenvalue weighted by Crippen LogP contribution is -2.35. The number of benzene rings is 1. The van der Waals surface area contributed by atoms with Crippen molar-refractivity contribution in [2.75, 3.05) is 6.61 Å². The summed E-state index contributed by atoms with van der Waals surface area (Å²) in [5, 5.41) is 0. The van der Waals surface area contributed by atoms with Crippen molar-refractivity contribution in [2.24, 2.45) is 29.6 Å².